The molecule has 0 bridgehead atoms. The van der Waals surface area contributed by atoms with Gasteiger partial charge < -0.3 is 5.32 Å². The molecule has 0 radical (unpaired) electrons. The van der Waals surface area contributed by atoms with Gasteiger partial charge in [0.2, 0.25) is 0 Å². The van der Waals surface area contributed by atoms with Gasteiger partial charge in [-0.3, -0.25) is 0 Å². The van der Waals surface area contributed by atoms with Crippen LogP contribution in [0.4, 0.5) is 5.69 Å². The van der Waals surface area contributed by atoms with E-state index < -0.39 is 0 Å². The van der Waals surface area contributed by atoms with E-state index in [1.807, 2.05) is 36.9 Å². The highest BCUT2D eigenvalue weighted by Crippen LogP contribution is 2.24. The molecule has 0 unspecified atom stereocenters. The third kappa shape index (κ3) is 2.51. The molecule has 1 saturated heterocycles. The second kappa shape index (κ2) is 5.27. The van der Waals surface area contributed by atoms with Crippen molar-refractivity contribution in [3.8, 4) is 6.07 Å². The summed E-state index contributed by atoms with van der Waals surface area (Å²) in [4.78, 5) is 0. The fourth-order valence-corrected chi connectivity index (χ4v) is 3.10. The van der Waals surface area contributed by atoms with Crippen LogP contribution in [0.2, 0.25) is 0 Å². The number of benzene rings is 1. The molecule has 0 saturated carbocycles. The predicted molar refractivity (Wildman–Crippen MR) is 69.9 cm³/mol. The van der Waals surface area contributed by atoms with Gasteiger partial charge in [0, 0.05) is 6.04 Å². The summed E-state index contributed by atoms with van der Waals surface area (Å²) in [7, 11) is 0. The average molecular weight is 232 g/mol. The van der Waals surface area contributed by atoms with Crippen LogP contribution in [0.25, 0.3) is 0 Å². The Morgan fingerprint density at radius 1 is 1.38 bits per heavy atom. The SMILES string of the molecule is Cc1cccc(NC2CCSCC2)c1C#N. The van der Waals surface area contributed by atoms with E-state index in [9.17, 15) is 0 Å². The molecule has 2 rings (SSSR count). The van der Waals surface area contributed by atoms with Crippen molar-refractivity contribution in [1.82, 2.24) is 0 Å². The van der Waals surface area contributed by atoms with Gasteiger partial charge in [0.1, 0.15) is 6.07 Å². The standard InChI is InChI=1S/C13H16N2S/c1-10-3-2-4-13(12(10)9-14)15-11-5-7-16-8-6-11/h2-4,11,15H,5-8H2,1H3. The van der Waals surface area contributed by atoms with Crippen LogP contribution in [-0.4, -0.2) is 17.5 Å². The molecule has 0 aliphatic carbocycles. The molecule has 0 atom stereocenters. The minimum Gasteiger partial charge on any atom is -0.381 e. The maximum absolute atomic E-state index is 9.13. The zero-order valence-electron chi connectivity index (χ0n) is 9.49. The van der Waals surface area contributed by atoms with Crippen molar-refractivity contribution in [1.29, 1.82) is 5.26 Å². The van der Waals surface area contributed by atoms with Crippen molar-refractivity contribution in [2.75, 3.05) is 16.8 Å². The largest absolute Gasteiger partial charge is 0.381 e. The first kappa shape index (κ1) is 11.3. The van der Waals surface area contributed by atoms with E-state index in [-0.39, 0.29) is 0 Å². The summed E-state index contributed by atoms with van der Waals surface area (Å²) in [5.74, 6) is 2.46. The minimum atomic E-state index is 0.537. The smallest absolute Gasteiger partial charge is 0.102 e. The fraction of sp³-hybridized carbons (Fsp3) is 0.462. The summed E-state index contributed by atoms with van der Waals surface area (Å²) >= 11 is 2.02. The number of aryl methyl sites for hydroxylation is 1. The lowest BCUT2D eigenvalue weighted by molar-refractivity contribution is 0.666. The monoisotopic (exact) mass is 232 g/mol. The van der Waals surface area contributed by atoms with Crippen LogP contribution in [0.5, 0.6) is 0 Å². The molecule has 1 aromatic carbocycles. The molecule has 0 amide bonds. The molecule has 1 heterocycles. The Kier molecular flexibility index (Phi) is 3.74. The van der Waals surface area contributed by atoms with Gasteiger partial charge >= 0.3 is 0 Å². The summed E-state index contributed by atoms with van der Waals surface area (Å²) in [6, 6.07) is 8.83. The van der Waals surface area contributed by atoms with Crippen molar-refractivity contribution in [3.63, 3.8) is 0 Å². The van der Waals surface area contributed by atoms with Crippen molar-refractivity contribution in [2.24, 2.45) is 0 Å². The van der Waals surface area contributed by atoms with Crippen molar-refractivity contribution < 1.29 is 0 Å². The number of rotatable bonds is 2. The molecule has 1 aromatic rings. The van der Waals surface area contributed by atoms with Gasteiger partial charge in [0.05, 0.1) is 11.3 Å². The molecule has 0 spiro atoms. The Morgan fingerprint density at radius 3 is 2.81 bits per heavy atom. The lowest BCUT2D eigenvalue weighted by atomic mass is 10.1. The van der Waals surface area contributed by atoms with Crippen LogP contribution in [0.15, 0.2) is 18.2 Å². The zero-order valence-corrected chi connectivity index (χ0v) is 10.3. The van der Waals surface area contributed by atoms with E-state index in [0.29, 0.717) is 6.04 Å². The molecule has 2 nitrogen and oxygen atoms in total. The van der Waals surface area contributed by atoms with Gasteiger partial charge in [-0.1, -0.05) is 12.1 Å². The quantitative estimate of drug-likeness (QED) is 0.850. The van der Waals surface area contributed by atoms with Crippen LogP contribution in [0.3, 0.4) is 0 Å². The van der Waals surface area contributed by atoms with E-state index in [1.165, 1.54) is 24.3 Å². The van der Waals surface area contributed by atoms with Crippen LogP contribution >= 0.6 is 11.8 Å². The van der Waals surface area contributed by atoms with Gasteiger partial charge in [0.25, 0.3) is 0 Å². The van der Waals surface area contributed by atoms with Gasteiger partial charge in [0.15, 0.2) is 0 Å². The molecule has 1 aliphatic heterocycles. The number of hydrogen-bond acceptors (Lipinski definition) is 3. The summed E-state index contributed by atoms with van der Waals surface area (Å²) in [5.41, 5.74) is 2.85. The molecule has 1 N–H and O–H groups in total. The highest BCUT2D eigenvalue weighted by molar-refractivity contribution is 7.99. The van der Waals surface area contributed by atoms with Gasteiger partial charge in [-0.15, -0.1) is 0 Å². The van der Waals surface area contributed by atoms with Crippen molar-refractivity contribution in [3.05, 3.63) is 29.3 Å². The molecule has 1 aliphatic rings. The maximum atomic E-state index is 9.13. The fourth-order valence-electron chi connectivity index (χ4n) is 2.00. The Labute approximate surface area is 101 Å². The normalized spacial score (nSPS) is 16.8. The second-order valence-corrected chi connectivity index (χ2v) is 5.37. The average Bonchev–Trinajstić information content (AvgIpc) is 2.31. The molecule has 0 aromatic heterocycles. The molecular formula is C13H16N2S. The minimum absolute atomic E-state index is 0.537. The first-order chi connectivity index (χ1) is 7.81. The second-order valence-electron chi connectivity index (χ2n) is 4.14. The van der Waals surface area contributed by atoms with E-state index in [1.54, 1.807) is 0 Å². The number of nitrogens with one attached hydrogen (secondary N) is 1. The lowest BCUT2D eigenvalue weighted by Gasteiger charge is -2.24. The molecule has 84 valence electrons. The highest BCUT2D eigenvalue weighted by Gasteiger charge is 2.15. The van der Waals surface area contributed by atoms with Gasteiger partial charge in [-0.25, -0.2) is 0 Å². The van der Waals surface area contributed by atoms with Crippen LogP contribution in [0, 0.1) is 18.3 Å². The first-order valence-corrected chi connectivity index (χ1v) is 6.80. The Bertz CT molecular complexity index is 403. The number of anilines is 1. The Balaban J connectivity index is 2.14. The number of thioether (sulfide) groups is 1. The Hall–Kier alpha value is -1.14. The maximum Gasteiger partial charge on any atom is 0.102 e. The number of nitrogens with zero attached hydrogens (tertiary/aromatic N) is 1. The van der Waals surface area contributed by atoms with E-state index in [2.05, 4.69) is 11.4 Å². The summed E-state index contributed by atoms with van der Waals surface area (Å²) in [6.07, 6.45) is 2.40. The van der Waals surface area contributed by atoms with Crippen LogP contribution in [-0.2, 0) is 0 Å². The molecule has 3 heteroatoms. The Morgan fingerprint density at radius 2 is 2.12 bits per heavy atom. The van der Waals surface area contributed by atoms with E-state index >= 15 is 0 Å². The number of hydrogen-bond donors (Lipinski definition) is 1. The zero-order chi connectivity index (χ0) is 11.4. The summed E-state index contributed by atoms with van der Waals surface area (Å²) < 4.78 is 0. The van der Waals surface area contributed by atoms with Crippen molar-refractivity contribution >= 4 is 17.4 Å². The number of nitriles is 1. The highest BCUT2D eigenvalue weighted by atomic mass is 32.2. The third-order valence-corrected chi connectivity index (χ3v) is 4.01. The van der Waals surface area contributed by atoms with E-state index in [4.69, 9.17) is 5.26 Å². The van der Waals surface area contributed by atoms with Gasteiger partial charge in [-0.05, 0) is 42.9 Å². The molecule has 1 fully saturated rings. The third-order valence-electron chi connectivity index (χ3n) is 2.97. The molecular weight excluding hydrogens is 216 g/mol. The molecule has 16 heavy (non-hydrogen) atoms. The van der Waals surface area contributed by atoms with Crippen LogP contribution in [0.1, 0.15) is 24.0 Å². The topological polar surface area (TPSA) is 35.8 Å². The van der Waals surface area contributed by atoms with Crippen molar-refractivity contribution in [2.45, 2.75) is 25.8 Å². The lowest BCUT2D eigenvalue weighted by Crippen LogP contribution is -2.24. The van der Waals surface area contributed by atoms with Gasteiger partial charge in [-0.2, -0.15) is 17.0 Å². The summed E-state index contributed by atoms with van der Waals surface area (Å²) in [6.45, 7) is 1.99. The van der Waals surface area contributed by atoms with Crippen LogP contribution < -0.4 is 5.32 Å². The predicted octanol–water partition coefficient (Wildman–Crippen LogP) is 3.17. The first-order valence-electron chi connectivity index (χ1n) is 5.65. The summed E-state index contributed by atoms with van der Waals surface area (Å²) in [5, 5.41) is 12.6. The van der Waals surface area contributed by atoms with E-state index in [0.717, 1.165) is 16.8 Å².